The summed E-state index contributed by atoms with van der Waals surface area (Å²) in [4.78, 5) is 11.6. The van der Waals surface area contributed by atoms with Crippen LogP contribution in [0.4, 0.5) is 4.39 Å². The van der Waals surface area contributed by atoms with Crippen LogP contribution in [-0.4, -0.2) is 18.5 Å². The Balaban J connectivity index is 2.87. The van der Waals surface area contributed by atoms with Gasteiger partial charge in [0.2, 0.25) is 0 Å². The van der Waals surface area contributed by atoms with Gasteiger partial charge in [-0.25, -0.2) is 4.39 Å². The molecule has 82 valence electrons. The molecule has 1 amide bonds. The molecule has 0 bridgehead atoms. The Morgan fingerprint density at radius 2 is 2.27 bits per heavy atom. The van der Waals surface area contributed by atoms with Crippen molar-refractivity contribution in [1.29, 1.82) is 0 Å². The van der Waals surface area contributed by atoms with Crippen LogP contribution >= 0.6 is 0 Å². The smallest absolute Gasteiger partial charge is 0.254 e. The number of hydrogen-bond acceptors (Lipinski definition) is 2. The molecular weight excluding hydrogens is 195 g/mol. The molecule has 0 radical (unpaired) electrons. The van der Waals surface area contributed by atoms with E-state index in [2.05, 4.69) is 5.32 Å². The second-order valence-corrected chi connectivity index (χ2v) is 3.55. The Bertz CT molecular complexity index is 366. The fourth-order valence-corrected chi connectivity index (χ4v) is 1.18. The highest BCUT2D eigenvalue weighted by atomic mass is 19.1. The Morgan fingerprint density at radius 1 is 1.60 bits per heavy atom. The number of carbonyl (C=O) groups is 1. The van der Waals surface area contributed by atoms with E-state index in [0.717, 1.165) is 0 Å². The molecule has 0 aliphatic carbocycles. The highest BCUT2D eigenvalue weighted by Gasteiger charge is 2.14. The van der Waals surface area contributed by atoms with Crippen molar-refractivity contribution in [1.82, 2.24) is 5.32 Å². The minimum Gasteiger partial charge on any atom is -0.348 e. The highest BCUT2D eigenvalue weighted by molar-refractivity contribution is 5.94. The highest BCUT2D eigenvalue weighted by Crippen LogP contribution is 2.11. The number of benzene rings is 1. The van der Waals surface area contributed by atoms with Crippen molar-refractivity contribution >= 4 is 5.91 Å². The van der Waals surface area contributed by atoms with Gasteiger partial charge in [-0.2, -0.15) is 0 Å². The van der Waals surface area contributed by atoms with Gasteiger partial charge in [0.15, 0.2) is 0 Å². The number of halogens is 1. The Hall–Kier alpha value is -1.42. The molecule has 0 saturated carbocycles. The van der Waals surface area contributed by atoms with Gasteiger partial charge in [-0.15, -0.1) is 0 Å². The van der Waals surface area contributed by atoms with E-state index in [4.69, 9.17) is 5.73 Å². The van der Waals surface area contributed by atoms with Gasteiger partial charge in [0.1, 0.15) is 5.82 Å². The van der Waals surface area contributed by atoms with Crippen LogP contribution in [0.2, 0.25) is 0 Å². The number of aryl methyl sites for hydroxylation is 1. The molecule has 0 heterocycles. The molecule has 15 heavy (non-hydrogen) atoms. The van der Waals surface area contributed by atoms with E-state index in [0.29, 0.717) is 12.1 Å². The average molecular weight is 210 g/mol. The average Bonchev–Trinajstić information content (AvgIpc) is 2.21. The monoisotopic (exact) mass is 210 g/mol. The number of nitrogens with two attached hydrogens (primary N) is 1. The summed E-state index contributed by atoms with van der Waals surface area (Å²) in [6.45, 7) is 3.73. The number of rotatable bonds is 3. The molecule has 1 rings (SSSR count). The molecule has 1 unspecified atom stereocenters. The maximum absolute atomic E-state index is 13.5. The van der Waals surface area contributed by atoms with Crippen molar-refractivity contribution in [3.05, 3.63) is 35.1 Å². The summed E-state index contributed by atoms with van der Waals surface area (Å²) in [6, 6.07) is 4.58. The molecule has 1 aromatic rings. The lowest BCUT2D eigenvalue weighted by Crippen LogP contribution is -2.38. The van der Waals surface area contributed by atoms with E-state index in [9.17, 15) is 9.18 Å². The molecular formula is C11H15FN2O. The van der Waals surface area contributed by atoms with Gasteiger partial charge >= 0.3 is 0 Å². The van der Waals surface area contributed by atoms with E-state index in [-0.39, 0.29) is 11.6 Å². The summed E-state index contributed by atoms with van der Waals surface area (Å²) >= 11 is 0. The third-order valence-electron chi connectivity index (χ3n) is 2.17. The maximum atomic E-state index is 13.5. The third kappa shape index (κ3) is 2.76. The Morgan fingerprint density at radius 3 is 2.87 bits per heavy atom. The van der Waals surface area contributed by atoms with Crippen LogP contribution in [0.25, 0.3) is 0 Å². The summed E-state index contributed by atoms with van der Waals surface area (Å²) in [5.74, 6) is -0.895. The van der Waals surface area contributed by atoms with Crippen molar-refractivity contribution in [3.8, 4) is 0 Å². The first kappa shape index (κ1) is 11.7. The quantitative estimate of drug-likeness (QED) is 0.788. The van der Waals surface area contributed by atoms with E-state index >= 15 is 0 Å². The number of carbonyl (C=O) groups excluding carboxylic acids is 1. The zero-order chi connectivity index (χ0) is 11.4. The number of amides is 1. The maximum Gasteiger partial charge on any atom is 0.254 e. The van der Waals surface area contributed by atoms with E-state index in [1.54, 1.807) is 26.0 Å². The Labute approximate surface area is 88.5 Å². The summed E-state index contributed by atoms with van der Waals surface area (Å²) in [7, 11) is 0. The van der Waals surface area contributed by atoms with E-state index < -0.39 is 11.7 Å². The summed E-state index contributed by atoms with van der Waals surface area (Å²) in [5, 5.41) is 2.61. The van der Waals surface area contributed by atoms with Gasteiger partial charge in [-0.1, -0.05) is 12.1 Å². The van der Waals surface area contributed by atoms with Crippen LogP contribution in [0, 0.1) is 12.7 Å². The molecule has 4 heteroatoms. The molecule has 0 spiro atoms. The van der Waals surface area contributed by atoms with Crippen molar-refractivity contribution < 1.29 is 9.18 Å². The predicted octanol–water partition coefficient (Wildman–Crippen LogP) is 1.21. The van der Waals surface area contributed by atoms with Crippen molar-refractivity contribution in [2.45, 2.75) is 19.9 Å². The lowest BCUT2D eigenvalue weighted by molar-refractivity contribution is 0.0937. The summed E-state index contributed by atoms with van der Waals surface area (Å²) in [6.07, 6.45) is 0. The first-order chi connectivity index (χ1) is 7.06. The lowest BCUT2D eigenvalue weighted by Gasteiger charge is -2.12. The van der Waals surface area contributed by atoms with Gasteiger partial charge in [-0.3, -0.25) is 4.79 Å². The molecule has 3 N–H and O–H groups in total. The van der Waals surface area contributed by atoms with Crippen LogP contribution in [-0.2, 0) is 0 Å². The van der Waals surface area contributed by atoms with Gasteiger partial charge in [0, 0.05) is 12.6 Å². The molecule has 0 fully saturated rings. The predicted molar refractivity (Wildman–Crippen MR) is 57.1 cm³/mol. The zero-order valence-corrected chi connectivity index (χ0v) is 8.88. The first-order valence-electron chi connectivity index (χ1n) is 4.82. The molecule has 0 aliphatic heterocycles. The Kier molecular flexibility index (Phi) is 3.80. The van der Waals surface area contributed by atoms with Crippen LogP contribution in [0.3, 0.4) is 0 Å². The van der Waals surface area contributed by atoms with Gasteiger partial charge < -0.3 is 11.1 Å². The lowest BCUT2D eigenvalue weighted by atomic mass is 10.1. The van der Waals surface area contributed by atoms with Gasteiger partial charge in [0.25, 0.3) is 5.91 Å². The standard InChI is InChI=1S/C11H15FN2O/c1-7-4-3-5-9(10(7)12)11(15)14-8(2)6-13/h3-5,8H,6,13H2,1-2H3,(H,14,15). The van der Waals surface area contributed by atoms with Crippen molar-refractivity contribution in [2.75, 3.05) is 6.54 Å². The minimum absolute atomic E-state index is 0.0651. The topological polar surface area (TPSA) is 55.1 Å². The van der Waals surface area contributed by atoms with Crippen LogP contribution < -0.4 is 11.1 Å². The zero-order valence-electron chi connectivity index (χ0n) is 8.88. The molecule has 3 nitrogen and oxygen atoms in total. The molecule has 0 saturated heterocycles. The molecule has 1 atom stereocenters. The van der Waals surface area contributed by atoms with Crippen LogP contribution in [0.5, 0.6) is 0 Å². The SMILES string of the molecule is Cc1cccc(C(=O)NC(C)CN)c1F. The largest absolute Gasteiger partial charge is 0.348 e. The number of nitrogens with one attached hydrogen (secondary N) is 1. The third-order valence-corrected chi connectivity index (χ3v) is 2.17. The fraction of sp³-hybridized carbons (Fsp3) is 0.364. The second-order valence-electron chi connectivity index (χ2n) is 3.55. The first-order valence-corrected chi connectivity index (χ1v) is 4.82. The van der Waals surface area contributed by atoms with Crippen molar-refractivity contribution in [3.63, 3.8) is 0 Å². The van der Waals surface area contributed by atoms with E-state index in [1.807, 2.05) is 0 Å². The fourth-order valence-electron chi connectivity index (χ4n) is 1.18. The summed E-state index contributed by atoms with van der Waals surface area (Å²) < 4.78 is 13.5. The van der Waals surface area contributed by atoms with Gasteiger partial charge in [0.05, 0.1) is 5.56 Å². The van der Waals surface area contributed by atoms with Gasteiger partial charge in [-0.05, 0) is 25.5 Å². The second kappa shape index (κ2) is 4.89. The van der Waals surface area contributed by atoms with Crippen LogP contribution in [0.1, 0.15) is 22.8 Å². The number of hydrogen-bond donors (Lipinski definition) is 2. The van der Waals surface area contributed by atoms with Crippen LogP contribution in [0.15, 0.2) is 18.2 Å². The summed E-state index contributed by atoms with van der Waals surface area (Å²) in [5.41, 5.74) is 5.88. The molecule has 1 aromatic carbocycles. The molecule has 0 aliphatic rings. The minimum atomic E-state index is -0.473. The normalized spacial score (nSPS) is 12.3. The van der Waals surface area contributed by atoms with Crippen molar-refractivity contribution in [2.24, 2.45) is 5.73 Å². The van der Waals surface area contributed by atoms with E-state index in [1.165, 1.54) is 6.07 Å². The molecule has 0 aromatic heterocycles.